The molecule has 0 aliphatic carbocycles. The van der Waals surface area contributed by atoms with Gasteiger partial charge in [0.2, 0.25) is 0 Å². The first-order valence-corrected chi connectivity index (χ1v) is 6.61. The summed E-state index contributed by atoms with van der Waals surface area (Å²) >= 11 is 17.6. The summed E-state index contributed by atoms with van der Waals surface area (Å²) < 4.78 is 5.03. The molecule has 104 valence electrons. The van der Waals surface area contributed by atoms with Crippen molar-refractivity contribution in [1.82, 2.24) is 4.98 Å². The Morgan fingerprint density at radius 3 is 2.40 bits per heavy atom. The minimum absolute atomic E-state index is 0.0110. The number of pyridine rings is 1. The number of aromatic nitrogens is 1. The zero-order valence-corrected chi connectivity index (χ0v) is 12.6. The lowest BCUT2D eigenvalue weighted by atomic mass is 10.2. The number of hydrogen-bond acceptors (Lipinski definition) is 3. The highest BCUT2D eigenvalue weighted by Gasteiger charge is 2.17. The first-order valence-electron chi connectivity index (χ1n) is 5.48. The fourth-order valence-corrected chi connectivity index (χ4v) is 2.03. The average Bonchev–Trinajstić information content (AvgIpc) is 2.45. The smallest absolute Gasteiger partial charge is 0.275 e. The highest BCUT2D eigenvalue weighted by Crippen LogP contribution is 2.31. The van der Waals surface area contributed by atoms with Crippen molar-refractivity contribution >= 4 is 46.4 Å². The van der Waals surface area contributed by atoms with E-state index >= 15 is 0 Å². The van der Waals surface area contributed by atoms with Gasteiger partial charge >= 0.3 is 0 Å². The third kappa shape index (κ3) is 3.15. The molecule has 2 rings (SSSR count). The monoisotopic (exact) mass is 330 g/mol. The van der Waals surface area contributed by atoms with E-state index in [1.807, 2.05) is 0 Å². The van der Waals surface area contributed by atoms with Gasteiger partial charge in [-0.2, -0.15) is 0 Å². The van der Waals surface area contributed by atoms with E-state index in [-0.39, 0.29) is 20.8 Å². The van der Waals surface area contributed by atoms with E-state index in [1.165, 1.54) is 6.20 Å². The molecule has 1 heterocycles. The molecule has 7 heteroatoms. The molecular weight excluding hydrogens is 323 g/mol. The Morgan fingerprint density at radius 1 is 1.15 bits per heavy atom. The predicted octanol–water partition coefficient (Wildman–Crippen LogP) is 4.30. The molecule has 1 amide bonds. The summed E-state index contributed by atoms with van der Waals surface area (Å²) in [5, 5.41) is 2.97. The summed E-state index contributed by atoms with van der Waals surface area (Å²) in [5.74, 6) is 0.215. The summed E-state index contributed by atoms with van der Waals surface area (Å²) in [4.78, 5) is 15.9. The quantitative estimate of drug-likeness (QED) is 0.912. The van der Waals surface area contributed by atoms with Crippen molar-refractivity contribution in [1.29, 1.82) is 0 Å². The van der Waals surface area contributed by atoms with Gasteiger partial charge in [-0.3, -0.25) is 4.79 Å². The maximum Gasteiger partial charge on any atom is 0.275 e. The molecule has 2 aromatic rings. The second-order valence-electron chi connectivity index (χ2n) is 3.77. The van der Waals surface area contributed by atoms with Crippen LogP contribution in [0.25, 0.3) is 0 Å². The largest absolute Gasteiger partial charge is 0.497 e. The number of nitrogens with one attached hydrogen (secondary N) is 1. The van der Waals surface area contributed by atoms with E-state index in [0.717, 1.165) is 0 Å². The number of nitrogens with zero attached hydrogens (tertiary/aromatic N) is 1. The maximum atomic E-state index is 12.1. The van der Waals surface area contributed by atoms with Gasteiger partial charge in [0.05, 0.1) is 22.2 Å². The van der Waals surface area contributed by atoms with Crippen LogP contribution in [0.5, 0.6) is 5.75 Å². The zero-order chi connectivity index (χ0) is 14.7. The van der Waals surface area contributed by atoms with Crippen LogP contribution in [-0.4, -0.2) is 18.0 Å². The van der Waals surface area contributed by atoms with Crippen molar-refractivity contribution in [3.8, 4) is 5.75 Å². The van der Waals surface area contributed by atoms with Crippen LogP contribution in [-0.2, 0) is 0 Å². The standard InChI is InChI=1S/C13H9Cl3N2O2/c1-20-8-4-2-7(3-5-8)18-13(19)12-11(16)10(15)9(14)6-17-12/h2-6H,1H3,(H,18,19). The molecule has 0 fully saturated rings. The van der Waals surface area contributed by atoms with E-state index in [1.54, 1.807) is 31.4 Å². The molecule has 0 radical (unpaired) electrons. The Balaban J connectivity index is 2.21. The van der Waals surface area contributed by atoms with Crippen LogP contribution in [0.1, 0.15) is 10.5 Å². The highest BCUT2D eigenvalue weighted by atomic mass is 35.5. The van der Waals surface area contributed by atoms with Crippen LogP contribution in [0.3, 0.4) is 0 Å². The van der Waals surface area contributed by atoms with Crippen molar-refractivity contribution in [3.05, 3.63) is 51.2 Å². The Kier molecular flexibility index (Phi) is 4.70. The Hall–Kier alpha value is -1.49. The first kappa shape index (κ1) is 14.9. The molecule has 0 bridgehead atoms. The van der Waals surface area contributed by atoms with Gasteiger partial charge in [-0.05, 0) is 24.3 Å². The molecular formula is C13H9Cl3N2O2. The van der Waals surface area contributed by atoms with Crippen LogP contribution in [0.4, 0.5) is 5.69 Å². The van der Waals surface area contributed by atoms with Gasteiger partial charge in [-0.25, -0.2) is 4.98 Å². The Bertz CT molecular complexity index is 645. The number of benzene rings is 1. The number of carbonyl (C=O) groups excluding carboxylic acids is 1. The lowest BCUT2D eigenvalue weighted by Gasteiger charge is -2.08. The minimum Gasteiger partial charge on any atom is -0.497 e. The minimum atomic E-state index is -0.473. The van der Waals surface area contributed by atoms with Crippen LogP contribution in [0, 0.1) is 0 Å². The number of ether oxygens (including phenoxy) is 1. The molecule has 0 saturated heterocycles. The summed E-state index contributed by atoms with van der Waals surface area (Å²) in [7, 11) is 1.56. The molecule has 0 unspecified atom stereocenters. The van der Waals surface area contributed by atoms with Gasteiger partial charge in [0.15, 0.2) is 0 Å². The number of methoxy groups -OCH3 is 1. The van der Waals surface area contributed by atoms with E-state index in [4.69, 9.17) is 39.5 Å². The third-order valence-electron chi connectivity index (χ3n) is 2.48. The normalized spacial score (nSPS) is 10.2. The van der Waals surface area contributed by atoms with Gasteiger partial charge in [0.1, 0.15) is 11.4 Å². The fourth-order valence-electron chi connectivity index (χ4n) is 1.47. The predicted molar refractivity (Wildman–Crippen MR) is 80.2 cm³/mol. The fraction of sp³-hybridized carbons (Fsp3) is 0.0769. The molecule has 1 N–H and O–H groups in total. The van der Waals surface area contributed by atoms with Crippen molar-refractivity contribution in [2.45, 2.75) is 0 Å². The number of rotatable bonds is 3. The number of carbonyl (C=O) groups is 1. The van der Waals surface area contributed by atoms with Gasteiger partial charge in [-0.1, -0.05) is 34.8 Å². The van der Waals surface area contributed by atoms with Crippen LogP contribution >= 0.6 is 34.8 Å². The Labute approximate surface area is 130 Å². The molecule has 0 spiro atoms. The number of anilines is 1. The lowest BCUT2D eigenvalue weighted by molar-refractivity contribution is 0.102. The van der Waals surface area contributed by atoms with Gasteiger partial charge in [-0.15, -0.1) is 0 Å². The molecule has 0 aliphatic heterocycles. The van der Waals surface area contributed by atoms with Crippen LogP contribution in [0.2, 0.25) is 15.1 Å². The third-order valence-corrected chi connectivity index (χ3v) is 3.72. The van der Waals surface area contributed by atoms with E-state index < -0.39 is 5.91 Å². The maximum absolute atomic E-state index is 12.1. The molecule has 20 heavy (non-hydrogen) atoms. The number of hydrogen-bond donors (Lipinski definition) is 1. The number of halogens is 3. The van der Waals surface area contributed by atoms with E-state index in [2.05, 4.69) is 10.3 Å². The van der Waals surface area contributed by atoms with Crippen molar-refractivity contribution in [2.75, 3.05) is 12.4 Å². The number of amides is 1. The van der Waals surface area contributed by atoms with Crippen molar-refractivity contribution in [2.24, 2.45) is 0 Å². The van der Waals surface area contributed by atoms with Crippen LogP contribution in [0.15, 0.2) is 30.5 Å². The topological polar surface area (TPSA) is 51.2 Å². The molecule has 4 nitrogen and oxygen atoms in total. The van der Waals surface area contributed by atoms with Crippen LogP contribution < -0.4 is 10.1 Å². The van der Waals surface area contributed by atoms with Gasteiger partial charge in [0, 0.05) is 11.9 Å². The van der Waals surface area contributed by atoms with E-state index in [0.29, 0.717) is 11.4 Å². The molecule has 1 aromatic heterocycles. The summed E-state index contributed by atoms with van der Waals surface area (Å²) in [6.07, 6.45) is 1.28. The van der Waals surface area contributed by atoms with Gasteiger partial charge in [0.25, 0.3) is 5.91 Å². The van der Waals surface area contributed by atoms with Crippen molar-refractivity contribution in [3.63, 3.8) is 0 Å². The zero-order valence-electron chi connectivity index (χ0n) is 10.3. The SMILES string of the molecule is COc1ccc(NC(=O)c2ncc(Cl)c(Cl)c2Cl)cc1. The van der Waals surface area contributed by atoms with E-state index in [9.17, 15) is 4.79 Å². The second-order valence-corrected chi connectivity index (χ2v) is 4.93. The first-order chi connectivity index (χ1) is 9.52. The summed E-state index contributed by atoms with van der Waals surface area (Å²) in [6.45, 7) is 0. The summed E-state index contributed by atoms with van der Waals surface area (Å²) in [5.41, 5.74) is 0.594. The second kappa shape index (κ2) is 6.31. The van der Waals surface area contributed by atoms with Gasteiger partial charge < -0.3 is 10.1 Å². The Morgan fingerprint density at radius 2 is 1.80 bits per heavy atom. The molecule has 0 aliphatic rings. The highest BCUT2D eigenvalue weighted by molar-refractivity contribution is 6.49. The molecule has 0 saturated carbocycles. The lowest BCUT2D eigenvalue weighted by Crippen LogP contribution is -2.14. The molecule has 0 atom stereocenters. The summed E-state index contributed by atoms with van der Waals surface area (Å²) in [6, 6.07) is 6.84. The van der Waals surface area contributed by atoms with Crippen molar-refractivity contribution < 1.29 is 9.53 Å². The molecule has 1 aromatic carbocycles. The average molecular weight is 332 g/mol.